The standard InChI is InChI=1S/C24H21F2N3O2/c1-14-19-12-17(26)8-9-20(19)28-22(14)24(30)29-10-2-3-21(29)23-27-13-18(31-23)11-15-4-6-16(25)7-5-15/h4-9,12-13,21,28H,2-3,10-11H2,1H3. The second-order valence-corrected chi connectivity index (χ2v) is 7.94. The van der Waals surface area contributed by atoms with E-state index in [1.807, 2.05) is 6.92 Å². The number of hydrogen-bond donors (Lipinski definition) is 1. The van der Waals surface area contributed by atoms with Crippen molar-refractivity contribution in [3.63, 3.8) is 0 Å². The summed E-state index contributed by atoms with van der Waals surface area (Å²) < 4.78 is 32.7. The highest BCUT2D eigenvalue weighted by atomic mass is 19.1. The Morgan fingerprint density at radius 3 is 2.77 bits per heavy atom. The van der Waals surface area contributed by atoms with Crippen LogP contribution in [0.25, 0.3) is 10.9 Å². The number of nitrogens with one attached hydrogen (secondary N) is 1. The van der Waals surface area contributed by atoms with Crippen LogP contribution in [0.15, 0.2) is 53.1 Å². The smallest absolute Gasteiger partial charge is 0.271 e. The number of likely N-dealkylation sites (tertiary alicyclic amines) is 1. The quantitative estimate of drug-likeness (QED) is 0.486. The van der Waals surface area contributed by atoms with Gasteiger partial charge in [0.25, 0.3) is 5.91 Å². The second kappa shape index (κ2) is 7.65. The summed E-state index contributed by atoms with van der Waals surface area (Å²) in [5.41, 5.74) is 2.85. The minimum Gasteiger partial charge on any atom is -0.443 e. The summed E-state index contributed by atoms with van der Waals surface area (Å²) in [7, 11) is 0. The highest BCUT2D eigenvalue weighted by Gasteiger charge is 2.35. The van der Waals surface area contributed by atoms with Crippen LogP contribution in [0.4, 0.5) is 8.78 Å². The number of oxazole rings is 1. The zero-order valence-electron chi connectivity index (χ0n) is 17.0. The van der Waals surface area contributed by atoms with Crippen LogP contribution < -0.4 is 0 Å². The van der Waals surface area contributed by atoms with Crippen molar-refractivity contribution in [3.8, 4) is 0 Å². The number of H-pyrrole nitrogens is 1. The molecule has 7 heteroatoms. The van der Waals surface area contributed by atoms with Crippen LogP contribution in [-0.2, 0) is 6.42 Å². The van der Waals surface area contributed by atoms with Crippen molar-refractivity contribution in [3.05, 3.63) is 88.8 Å². The molecule has 1 saturated heterocycles. The van der Waals surface area contributed by atoms with Crippen LogP contribution in [-0.4, -0.2) is 27.3 Å². The van der Waals surface area contributed by atoms with E-state index < -0.39 is 0 Å². The predicted octanol–water partition coefficient (Wildman–Crippen LogP) is 5.31. The molecule has 0 spiro atoms. The average molecular weight is 421 g/mol. The number of aryl methyl sites for hydroxylation is 1. The third kappa shape index (κ3) is 3.60. The first-order chi connectivity index (χ1) is 15.0. The summed E-state index contributed by atoms with van der Waals surface area (Å²) in [5, 5.41) is 0.705. The number of aromatic amines is 1. The van der Waals surface area contributed by atoms with Gasteiger partial charge < -0.3 is 14.3 Å². The fourth-order valence-corrected chi connectivity index (χ4v) is 4.28. The Morgan fingerprint density at radius 1 is 1.19 bits per heavy atom. The van der Waals surface area contributed by atoms with Crippen LogP contribution in [0.3, 0.4) is 0 Å². The van der Waals surface area contributed by atoms with Gasteiger partial charge in [0.15, 0.2) is 0 Å². The first-order valence-corrected chi connectivity index (χ1v) is 10.3. The number of halogens is 2. The predicted molar refractivity (Wildman–Crippen MR) is 112 cm³/mol. The molecule has 1 amide bonds. The van der Waals surface area contributed by atoms with Gasteiger partial charge in [-0.2, -0.15) is 0 Å². The zero-order chi connectivity index (χ0) is 21.5. The van der Waals surface area contributed by atoms with Gasteiger partial charge in [0.2, 0.25) is 5.89 Å². The number of fused-ring (bicyclic) bond motifs is 1. The molecule has 1 aliphatic rings. The van der Waals surface area contributed by atoms with E-state index in [1.165, 1.54) is 24.3 Å². The number of carbonyl (C=O) groups excluding carboxylic acids is 1. The highest BCUT2D eigenvalue weighted by Crippen LogP contribution is 2.34. The van der Waals surface area contributed by atoms with Crippen LogP contribution in [0, 0.1) is 18.6 Å². The third-order valence-corrected chi connectivity index (χ3v) is 5.90. The number of amides is 1. The van der Waals surface area contributed by atoms with Crippen molar-refractivity contribution in [2.75, 3.05) is 6.54 Å². The summed E-state index contributed by atoms with van der Waals surface area (Å²) in [6.07, 6.45) is 3.77. The fraction of sp³-hybridized carbons (Fsp3) is 0.250. The summed E-state index contributed by atoms with van der Waals surface area (Å²) in [6, 6.07) is 10.5. The number of carbonyl (C=O) groups is 1. The Kier molecular flexibility index (Phi) is 4.81. The van der Waals surface area contributed by atoms with Crippen LogP contribution in [0.1, 0.15) is 52.1 Å². The lowest BCUT2D eigenvalue weighted by Crippen LogP contribution is -2.31. The molecule has 1 N–H and O–H groups in total. The number of rotatable bonds is 4. The molecule has 0 radical (unpaired) electrons. The molecule has 3 heterocycles. The first kappa shape index (κ1) is 19.5. The average Bonchev–Trinajstić information content (AvgIpc) is 3.49. The summed E-state index contributed by atoms with van der Waals surface area (Å²) in [5.74, 6) is 0.411. The van der Waals surface area contributed by atoms with Gasteiger partial charge in [0.1, 0.15) is 29.1 Å². The van der Waals surface area contributed by atoms with E-state index in [0.717, 1.165) is 29.5 Å². The first-order valence-electron chi connectivity index (χ1n) is 10.3. The van der Waals surface area contributed by atoms with Gasteiger partial charge in [-0.1, -0.05) is 12.1 Å². The normalized spacial score (nSPS) is 16.4. The lowest BCUT2D eigenvalue weighted by Gasteiger charge is -2.22. The maximum absolute atomic E-state index is 13.6. The molecular formula is C24H21F2N3O2. The van der Waals surface area contributed by atoms with Gasteiger partial charge in [0, 0.05) is 23.9 Å². The van der Waals surface area contributed by atoms with Crippen LogP contribution >= 0.6 is 0 Å². The van der Waals surface area contributed by atoms with Crippen molar-refractivity contribution in [1.82, 2.24) is 14.9 Å². The molecule has 31 heavy (non-hydrogen) atoms. The Balaban J connectivity index is 1.39. The number of aromatic nitrogens is 2. The van der Waals surface area contributed by atoms with Gasteiger partial charge in [0.05, 0.1) is 6.20 Å². The molecule has 2 aromatic heterocycles. The van der Waals surface area contributed by atoms with Crippen molar-refractivity contribution < 1.29 is 18.0 Å². The topological polar surface area (TPSA) is 62.1 Å². The molecular weight excluding hydrogens is 400 g/mol. The number of nitrogens with zero attached hydrogens (tertiary/aromatic N) is 2. The van der Waals surface area contributed by atoms with Crippen molar-refractivity contribution >= 4 is 16.8 Å². The summed E-state index contributed by atoms with van der Waals surface area (Å²) >= 11 is 0. The van der Waals surface area contributed by atoms with E-state index in [2.05, 4.69) is 9.97 Å². The van der Waals surface area contributed by atoms with E-state index >= 15 is 0 Å². The Labute approximate surface area is 177 Å². The van der Waals surface area contributed by atoms with E-state index in [4.69, 9.17) is 4.42 Å². The lowest BCUT2D eigenvalue weighted by atomic mass is 10.1. The monoisotopic (exact) mass is 421 g/mol. The number of benzene rings is 2. The minimum atomic E-state index is -0.332. The van der Waals surface area contributed by atoms with Gasteiger partial charge in [-0.3, -0.25) is 4.79 Å². The molecule has 1 fully saturated rings. The van der Waals surface area contributed by atoms with Crippen molar-refractivity contribution in [2.45, 2.75) is 32.2 Å². The minimum absolute atomic E-state index is 0.144. The fourth-order valence-electron chi connectivity index (χ4n) is 4.28. The molecule has 1 atom stereocenters. The molecule has 0 aliphatic carbocycles. The molecule has 1 unspecified atom stereocenters. The maximum atomic E-state index is 13.6. The van der Waals surface area contributed by atoms with Crippen molar-refractivity contribution in [2.24, 2.45) is 0 Å². The van der Waals surface area contributed by atoms with E-state index in [9.17, 15) is 13.6 Å². The molecule has 0 bridgehead atoms. The van der Waals surface area contributed by atoms with E-state index in [0.29, 0.717) is 35.7 Å². The Morgan fingerprint density at radius 2 is 1.97 bits per heavy atom. The highest BCUT2D eigenvalue weighted by molar-refractivity contribution is 6.01. The zero-order valence-corrected chi connectivity index (χ0v) is 17.0. The third-order valence-electron chi connectivity index (χ3n) is 5.90. The van der Waals surface area contributed by atoms with Gasteiger partial charge in [-0.15, -0.1) is 0 Å². The van der Waals surface area contributed by atoms with Gasteiger partial charge >= 0.3 is 0 Å². The Bertz CT molecular complexity index is 1260. The van der Waals surface area contributed by atoms with E-state index in [1.54, 1.807) is 29.3 Å². The van der Waals surface area contributed by atoms with Crippen LogP contribution in [0.2, 0.25) is 0 Å². The van der Waals surface area contributed by atoms with Crippen LogP contribution in [0.5, 0.6) is 0 Å². The summed E-state index contributed by atoms with van der Waals surface area (Å²) in [6.45, 7) is 2.42. The summed E-state index contributed by atoms with van der Waals surface area (Å²) in [4.78, 5) is 22.7. The van der Waals surface area contributed by atoms with E-state index in [-0.39, 0.29) is 23.6 Å². The lowest BCUT2D eigenvalue weighted by molar-refractivity contribution is 0.0709. The molecule has 158 valence electrons. The van der Waals surface area contributed by atoms with Gasteiger partial charge in [-0.25, -0.2) is 13.8 Å². The SMILES string of the molecule is Cc1c(C(=O)N2CCCC2c2ncc(Cc3ccc(F)cc3)o2)[nH]c2ccc(F)cc12. The largest absolute Gasteiger partial charge is 0.443 e. The maximum Gasteiger partial charge on any atom is 0.271 e. The second-order valence-electron chi connectivity index (χ2n) is 7.94. The number of hydrogen-bond acceptors (Lipinski definition) is 3. The van der Waals surface area contributed by atoms with Crippen molar-refractivity contribution in [1.29, 1.82) is 0 Å². The van der Waals surface area contributed by atoms with Gasteiger partial charge in [-0.05, 0) is 61.2 Å². The molecule has 5 rings (SSSR count). The molecule has 4 aromatic rings. The molecule has 1 aliphatic heterocycles. The molecule has 0 saturated carbocycles. The molecule has 5 nitrogen and oxygen atoms in total. The Hall–Kier alpha value is -3.48. The molecule has 2 aromatic carbocycles.